The summed E-state index contributed by atoms with van der Waals surface area (Å²) in [7, 11) is -3.97. The van der Waals surface area contributed by atoms with Crippen LogP contribution < -0.4 is 10.2 Å². The van der Waals surface area contributed by atoms with Gasteiger partial charge in [-0.2, -0.15) is 9.41 Å². The minimum Gasteiger partial charge on any atom is -0.490 e. The zero-order valence-corrected chi connectivity index (χ0v) is 21.8. The minimum absolute atomic E-state index is 0.0185. The monoisotopic (exact) mass is 575 g/mol. The van der Waals surface area contributed by atoms with E-state index in [-0.39, 0.29) is 11.4 Å². The van der Waals surface area contributed by atoms with E-state index in [1.165, 1.54) is 18.3 Å². The summed E-state index contributed by atoms with van der Waals surface area (Å²) in [6.07, 6.45) is 3.09. The van der Waals surface area contributed by atoms with E-state index in [0.717, 1.165) is 8.78 Å². The van der Waals surface area contributed by atoms with Gasteiger partial charge in [-0.15, -0.1) is 0 Å². The lowest BCUT2D eigenvalue weighted by atomic mass is 10.2. The predicted octanol–water partition coefficient (Wildman–Crippen LogP) is 5.01. The molecule has 3 aromatic rings. The normalized spacial score (nSPS) is 11.5. The summed E-state index contributed by atoms with van der Waals surface area (Å²) in [5, 5.41) is 4.49. The van der Waals surface area contributed by atoms with Crippen LogP contribution in [0.25, 0.3) is 0 Å². The molecule has 0 heterocycles. The Morgan fingerprint density at radius 2 is 1.83 bits per heavy atom. The number of rotatable bonds is 11. The van der Waals surface area contributed by atoms with Crippen molar-refractivity contribution in [2.24, 2.45) is 5.10 Å². The molecule has 0 spiro atoms. The van der Waals surface area contributed by atoms with Crippen molar-refractivity contribution in [3.05, 3.63) is 106 Å². The summed E-state index contributed by atoms with van der Waals surface area (Å²) >= 11 is 9.25. The first-order valence-electron chi connectivity index (χ1n) is 10.4. The molecule has 35 heavy (non-hydrogen) atoms. The summed E-state index contributed by atoms with van der Waals surface area (Å²) < 4.78 is 33.9. The van der Waals surface area contributed by atoms with Crippen LogP contribution in [0.1, 0.15) is 11.1 Å². The molecule has 0 aliphatic rings. The number of nitrogens with zero attached hydrogens (tertiary/aromatic N) is 2. The number of sulfonamides is 1. The van der Waals surface area contributed by atoms with Crippen LogP contribution in [-0.4, -0.2) is 38.0 Å². The molecule has 0 aromatic heterocycles. The lowest BCUT2D eigenvalue weighted by molar-refractivity contribution is -0.121. The van der Waals surface area contributed by atoms with Gasteiger partial charge >= 0.3 is 0 Å². The second-order valence-corrected chi connectivity index (χ2v) is 10.6. The second kappa shape index (κ2) is 12.6. The predicted molar refractivity (Wildman–Crippen MR) is 141 cm³/mol. The molecule has 0 aliphatic heterocycles. The van der Waals surface area contributed by atoms with E-state index in [1.807, 2.05) is 0 Å². The van der Waals surface area contributed by atoms with Crippen LogP contribution in [0.15, 0.2) is 99.9 Å². The maximum atomic E-state index is 13.3. The van der Waals surface area contributed by atoms with Gasteiger partial charge in [-0.3, -0.25) is 4.79 Å². The molecule has 0 fully saturated rings. The third-order valence-corrected chi connectivity index (χ3v) is 7.26. The highest BCUT2D eigenvalue weighted by atomic mass is 79.9. The van der Waals surface area contributed by atoms with Crippen LogP contribution in [0.5, 0.6) is 5.75 Å². The number of carbonyl (C=O) groups is 1. The summed E-state index contributed by atoms with van der Waals surface area (Å²) in [6.45, 7) is 3.53. The molecule has 0 saturated carbocycles. The van der Waals surface area contributed by atoms with E-state index in [4.69, 9.17) is 16.3 Å². The van der Waals surface area contributed by atoms with Gasteiger partial charge in [0.2, 0.25) is 10.0 Å². The van der Waals surface area contributed by atoms with Crippen molar-refractivity contribution in [1.29, 1.82) is 0 Å². The Bertz CT molecular complexity index is 1300. The third kappa shape index (κ3) is 8.03. The van der Waals surface area contributed by atoms with Gasteiger partial charge in [0.05, 0.1) is 17.7 Å². The molecular formula is C25H23BrClN3O4S. The van der Waals surface area contributed by atoms with Gasteiger partial charge in [0.15, 0.2) is 0 Å². The summed E-state index contributed by atoms with van der Waals surface area (Å²) in [6, 6.07) is 20.1. The fourth-order valence-corrected chi connectivity index (χ4v) is 4.76. The Morgan fingerprint density at radius 3 is 2.51 bits per heavy atom. The van der Waals surface area contributed by atoms with E-state index >= 15 is 0 Å². The molecule has 182 valence electrons. The van der Waals surface area contributed by atoms with E-state index < -0.39 is 22.5 Å². The molecule has 3 rings (SSSR count). The van der Waals surface area contributed by atoms with Gasteiger partial charge in [-0.1, -0.05) is 64.5 Å². The number of carbonyl (C=O) groups excluding carboxylic acids is 1. The average molecular weight is 577 g/mol. The Balaban J connectivity index is 1.74. The quantitative estimate of drug-likeness (QED) is 0.198. The fraction of sp³-hybridized carbons (Fsp3) is 0.120. The number of nitrogens with one attached hydrogen (secondary N) is 1. The van der Waals surface area contributed by atoms with Crippen LogP contribution in [0.3, 0.4) is 0 Å². The Hall–Kier alpha value is -2.98. The number of ether oxygens (including phenoxy) is 1. The molecule has 10 heteroatoms. The minimum atomic E-state index is -3.97. The SMILES string of the molecule is C=CCOc1cccc(/C=N\NC(=O)CN(Cc2ccc(Cl)cc2)S(=O)(=O)c2ccc(Br)cc2)c1. The standard InChI is InChI=1S/C25H23BrClN3O4S/c1-2-14-34-23-5-3-4-20(15-23)16-28-29-25(31)18-30(17-19-6-10-22(27)11-7-19)35(32,33)24-12-8-21(26)9-13-24/h2-13,15-16H,1,14,17-18H2,(H,29,31)/b28-16-. The highest BCUT2D eigenvalue weighted by molar-refractivity contribution is 9.10. The Kier molecular flexibility index (Phi) is 9.62. The van der Waals surface area contributed by atoms with E-state index in [1.54, 1.807) is 66.7 Å². The Labute approximate surface area is 218 Å². The zero-order valence-electron chi connectivity index (χ0n) is 18.6. The van der Waals surface area contributed by atoms with Gasteiger partial charge in [0.1, 0.15) is 12.4 Å². The van der Waals surface area contributed by atoms with Gasteiger partial charge < -0.3 is 4.74 Å². The van der Waals surface area contributed by atoms with Crippen molar-refractivity contribution in [2.45, 2.75) is 11.4 Å². The van der Waals surface area contributed by atoms with Crippen molar-refractivity contribution < 1.29 is 17.9 Å². The first-order chi connectivity index (χ1) is 16.8. The second-order valence-electron chi connectivity index (χ2n) is 7.32. The number of amides is 1. The van der Waals surface area contributed by atoms with Gasteiger partial charge in [-0.25, -0.2) is 13.8 Å². The summed E-state index contributed by atoms with van der Waals surface area (Å²) in [5.41, 5.74) is 3.77. The molecular weight excluding hydrogens is 554 g/mol. The first kappa shape index (κ1) is 26.6. The molecule has 0 radical (unpaired) electrons. The number of hydrogen-bond donors (Lipinski definition) is 1. The largest absolute Gasteiger partial charge is 0.490 e. The maximum Gasteiger partial charge on any atom is 0.255 e. The molecule has 0 bridgehead atoms. The van der Waals surface area contributed by atoms with E-state index in [0.29, 0.717) is 28.5 Å². The van der Waals surface area contributed by atoms with Gasteiger partial charge in [0, 0.05) is 16.0 Å². The van der Waals surface area contributed by atoms with Crippen LogP contribution in [0.2, 0.25) is 5.02 Å². The van der Waals surface area contributed by atoms with E-state index in [2.05, 4.69) is 33.0 Å². The molecule has 7 nitrogen and oxygen atoms in total. The molecule has 0 saturated heterocycles. The molecule has 0 atom stereocenters. The van der Waals surface area contributed by atoms with Crippen molar-refractivity contribution in [1.82, 2.24) is 9.73 Å². The summed E-state index contributed by atoms with van der Waals surface area (Å²) in [5.74, 6) is 0.0462. The molecule has 3 aromatic carbocycles. The number of hydrazone groups is 1. The molecule has 0 unspecified atom stereocenters. The maximum absolute atomic E-state index is 13.3. The number of benzene rings is 3. The highest BCUT2D eigenvalue weighted by Gasteiger charge is 2.27. The fourth-order valence-electron chi connectivity index (χ4n) is 2.99. The molecule has 1 N–H and O–H groups in total. The van der Waals surface area contributed by atoms with Crippen LogP contribution in [0, 0.1) is 0 Å². The van der Waals surface area contributed by atoms with Crippen molar-refractivity contribution in [3.8, 4) is 5.75 Å². The average Bonchev–Trinajstić information content (AvgIpc) is 2.84. The van der Waals surface area contributed by atoms with E-state index in [9.17, 15) is 13.2 Å². The highest BCUT2D eigenvalue weighted by Crippen LogP contribution is 2.21. The lowest BCUT2D eigenvalue weighted by Gasteiger charge is -2.21. The lowest BCUT2D eigenvalue weighted by Crippen LogP contribution is -2.39. The zero-order chi connectivity index (χ0) is 25.3. The van der Waals surface area contributed by atoms with Crippen LogP contribution >= 0.6 is 27.5 Å². The van der Waals surface area contributed by atoms with Gasteiger partial charge in [-0.05, 0) is 59.7 Å². The topological polar surface area (TPSA) is 88.1 Å². The first-order valence-corrected chi connectivity index (χ1v) is 13.0. The summed E-state index contributed by atoms with van der Waals surface area (Å²) in [4.78, 5) is 12.7. The number of halogens is 2. The van der Waals surface area contributed by atoms with Crippen molar-refractivity contribution >= 4 is 49.7 Å². The Morgan fingerprint density at radius 1 is 1.11 bits per heavy atom. The smallest absolute Gasteiger partial charge is 0.255 e. The van der Waals surface area contributed by atoms with Crippen LogP contribution in [0.4, 0.5) is 0 Å². The molecule has 1 amide bonds. The van der Waals surface area contributed by atoms with Gasteiger partial charge in [0.25, 0.3) is 5.91 Å². The van der Waals surface area contributed by atoms with Crippen LogP contribution in [-0.2, 0) is 21.4 Å². The third-order valence-electron chi connectivity index (χ3n) is 4.67. The van der Waals surface area contributed by atoms with Crippen molar-refractivity contribution in [3.63, 3.8) is 0 Å². The molecule has 0 aliphatic carbocycles. The number of hydrogen-bond acceptors (Lipinski definition) is 5. The van der Waals surface area contributed by atoms with Crippen molar-refractivity contribution in [2.75, 3.05) is 13.2 Å².